The van der Waals surface area contributed by atoms with Crippen molar-refractivity contribution in [2.24, 2.45) is 0 Å². The number of nitrogens with zero attached hydrogens (tertiary/aromatic N) is 4. The highest BCUT2D eigenvalue weighted by Gasteiger charge is 2.36. The van der Waals surface area contributed by atoms with Crippen molar-refractivity contribution < 1.29 is 14.4 Å². The second kappa shape index (κ2) is 7.36. The highest BCUT2D eigenvalue weighted by Crippen LogP contribution is 2.22. The van der Waals surface area contributed by atoms with E-state index < -0.39 is 17.7 Å². The molecule has 0 fully saturated rings. The molecule has 4 rings (SSSR count). The molecule has 1 aliphatic rings. The van der Waals surface area contributed by atoms with Gasteiger partial charge in [0.1, 0.15) is 6.54 Å². The van der Waals surface area contributed by atoms with Crippen molar-refractivity contribution in [2.75, 3.05) is 6.54 Å². The Hall–Kier alpha value is -3.94. The third-order valence-electron chi connectivity index (χ3n) is 4.36. The number of pyridine rings is 1. The average Bonchev–Trinajstić information content (AvgIpc) is 2.98. The van der Waals surface area contributed by atoms with E-state index in [1.807, 2.05) is 0 Å². The van der Waals surface area contributed by atoms with Crippen molar-refractivity contribution in [1.29, 1.82) is 0 Å². The van der Waals surface area contributed by atoms with Crippen LogP contribution >= 0.6 is 0 Å². The fourth-order valence-corrected chi connectivity index (χ4v) is 3.01. The monoisotopic (exact) mass is 373 g/mol. The molecule has 0 radical (unpaired) electrons. The average molecular weight is 373 g/mol. The SMILES string of the molecule is O=C(CN1C(=O)c2ccccc2C1=O)NCc1nccnc1-c1ccncc1. The van der Waals surface area contributed by atoms with Crippen LogP contribution in [-0.4, -0.2) is 44.1 Å². The molecular formula is C20H15N5O3. The first-order chi connectivity index (χ1) is 13.6. The molecular weight excluding hydrogens is 358 g/mol. The van der Waals surface area contributed by atoms with Crippen LogP contribution in [0.5, 0.6) is 0 Å². The van der Waals surface area contributed by atoms with E-state index in [0.29, 0.717) is 22.5 Å². The van der Waals surface area contributed by atoms with Gasteiger partial charge in [-0.05, 0) is 24.3 Å². The van der Waals surface area contributed by atoms with Gasteiger partial charge in [-0.15, -0.1) is 0 Å². The molecule has 3 heterocycles. The molecule has 8 nitrogen and oxygen atoms in total. The van der Waals surface area contributed by atoms with Gasteiger partial charge in [0, 0.05) is 30.4 Å². The lowest BCUT2D eigenvalue weighted by Crippen LogP contribution is -2.40. The molecule has 8 heteroatoms. The molecule has 0 aliphatic carbocycles. The first-order valence-electron chi connectivity index (χ1n) is 8.57. The summed E-state index contributed by atoms with van der Waals surface area (Å²) in [6, 6.07) is 10.1. The zero-order valence-electron chi connectivity index (χ0n) is 14.7. The number of imide groups is 1. The summed E-state index contributed by atoms with van der Waals surface area (Å²) in [5.74, 6) is -1.39. The van der Waals surface area contributed by atoms with E-state index in [9.17, 15) is 14.4 Å². The molecule has 2 aromatic heterocycles. The second-order valence-corrected chi connectivity index (χ2v) is 6.11. The Morgan fingerprint density at radius 2 is 1.54 bits per heavy atom. The summed E-state index contributed by atoms with van der Waals surface area (Å²) in [5.41, 5.74) is 2.66. The minimum Gasteiger partial charge on any atom is -0.349 e. The second-order valence-electron chi connectivity index (χ2n) is 6.11. The van der Waals surface area contributed by atoms with Crippen molar-refractivity contribution in [1.82, 2.24) is 25.2 Å². The number of benzene rings is 1. The smallest absolute Gasteiger partial charge is 0.262 e. The first kappa shape index (κ1) is 17.5. The van der Waals surface area contributed by atoms with E-state index in [4.69, 9.17) is 0 Å². The normalized spacial score (nSPS) is 12.8. The molecule has 0 saturated carbocycles. The molecule has 0 spiro atoms. The Bertz CT molecular complexity index is 1030. The third-order valence-corrected chi connectivity index (χ3v) is 4.36. The number of carbonyl (C=O) groups is 3. The van der Waals surface area contributed by atoms with Crippen LogP contribution in [0.25, 0.3) is 11.3 Å². The molecule has 138 valence electrons. The van der Waals surface area contributed by atoms with Crippen molar-refractivity contribution in [2.45, 2.75) is 6.54 Å². The van der Waals surface area contributed by atoms with Crippen molar-refractivity contribution in [3.63, 3.8) is 0 Å². The van der Waals surface area contributed by atoms with Crippen LogP contribution < -0.4 is 5.32 Å². The Morgan fingerprint density at radius 1 is 0.893 bits per heavy atom. The summed E-state index contributed by atoms with van der Waals surface area (Å²) >= 11 is 0. The van der Waals surface area contributed by atoms with Crippen LogP contribution in [0.3, 0.4) is 0 Å². The highest BCUT2D eigenvalue weighted by molar-refractivity contribution is 6.22. The summed E-state index contributed by atoms with van der Waals surface area (Å²) in [4.78, 5) is 50.6. The number of amides is 3. The van der Waals surface area contributed by atoms with Gasteiger partial charge in [0.05, 0.1) is 29.1 Å². The summed E-state index contributed by atoms with van der Waals surface area (Å²) in [5, 5.41) is 2.70. The Labute approximate surface area is 160 Å². The Balaban J connectivity index is 1.44. The van der Waals surface area contributed by atoms with E-state index in [2.05, 4.69) is 20.3 Å². The maximum Gasteiger partial charge on any atom is 0.262 e. The number of aromatic nitrogens is 3. The Morgan fingerprint density at radius 3 is 2.21 bits per heavy atom. The zero-order valence-corrected chi connectivity index (χ0v) is 14.7. The van der Waals surface area contributed by atoms with Crippen LogP contribution in [0.4, 0.5) is 0 Å². The van der Waals surface area contributed by atoms with Crippen LogP contribution in [0.2, 0.25) is 0 Å². The minimum absolute atomic E-state index is 0.119. The maximum absolute atomic E-state index is 12.4. The number of hydrogen-bond donors (Lipinski definition) is 1. The summed E-state index contributed by atoms with van der Waals surface area (Å²) < 4.78 is 0. The van der Waals surface area contributed by atoms with Crippen LogP contribution in [0, 0.1) is 0 Å². The number of fused-ring (bicyclic) bond motifs is 1. The van der Waals surface area contributed by atoms with E-state index in [0.717, 1.165) is 10.5 Å². The van der Waals surface area contributed by atoms with Gasteiger partial charge in [-0.1, -0.05) is 12.1 Å². The Kier molecular flexibility index (Phi) is 4.59. The van der Waals surface area contributed by atoms with Gasteiger partial charge in [-0.25, -0.2) is 0 Å². The molecule has 3 amide bonds. The molecule has 1 N–H and O–H groups in total. The number of hydrogen-bond acceptors (Lipinski definition) is 6. The minimum atomic E-state index is -0.465. The van der Waals surface area contributed by atoms with Crippen molar-refractivity contribution in [3.05, 3.63) is 78.0 Å². The third kappa shape index (κ3) is 3.23. The van der Waals surface area contributed by atoms with Gasteiger partial charge in [-0.2, -0.15) is 0 Å². The van der Waals surface area contributed by atoms with Gasteiger partial charge in [0.15, 0.2) is 0 Å². The molecule has 0 bridgehead atoms. The zero-order chi connectivity index (χ0) is 19.5. The number of carbonyl (C=O) groups excluding carboxylic acids is 3. The molecule has 3 aromatic rings. The molecule has 0 unspecified atom stereocenters. The summed E-state index contributed by atoms with van der Waals surface area (Å²) in [6.45, 7) is -0.231. The molecule has 1 aliphatic heterocycles. The molecule has 1 aromatic carbocycles. The van der Waals surface area contributed by atoms with Gasteiger partial charge >= 0.3 is 0 Å². The van der Waals surface area contributed by atoms with E-state index in [1.54, 1.807) is 55.0 Å². The van der Waals surface area contributed by atoms with Crippen LogP contribution in [0.1, 0.15) is 26.4 Å². The summed E-state index contributed by atoms with van der Waals surface area (Å²) in [7, 11) is 0. The maximum atomic E-state index is 12.4. The van der Waals surface area contributed by atoms with Gasteiger partial charge in [0.2, 0.25) is 5.91 Å². The van der Waals surface area contributed by atoms with Crippen LogP contribution in [-0.2, 0) is 11.3 Å². The van der Waals surface area contributed by atoms with E-state index >= 15 is 0 Å². The van der Waals surface area contributed by atoms with E-state index in [1.165, 1.54) is 6.20 Å². The summed E-state index contributed by atoms with van der Waals surface area (Å²) in [6.07, 6.45) is 6.40. The lowest BCUT2D eigenvalue weighted by molar-refractivity contribution is -0.121. The number of nitrogens with one attached hydrogen (secondary N) is 1. The largest absolute Gasteiger partial charge is 0.349 e. The predicted octanol–water partition coefficient (Wildman–Crippen LogP) is 1.45. The number of rotatable bonds is 5. The molecule has 28 heavy (non-hydrogen) atoms. The molecule has 0 atom stereocenters. The van der Waals surface area contributed by atoms with Gasteiger partial charge in [0.25, 0.3) is 11.8 Å². The quantitative estimate of drug-likeness (QED) is 0.679. The lowest BCUT2D eigenvalue weighted by atomic mass is 10.1. The first-order valence-corrected chi connectivity index (χ1v) is 8.57. The van der Waals surface area contributed by atoms with Crippen LogP contribution in [0.15, 0.2) is 61.2 Å². The predicted molar refractivity (Wildman–Crippen MR) is 98.9 cm³/mol. The molecule has 0 saturated heterocycles. The lowest BCUT2D eigenvalue weighted by Gasteiger charge is -2.14. The topological polar surface area (TPSA) is 105 Å². The fourth-order valence-electron chi connectivity index (χ4n) is 3.01. The van der Waals surface area contributed by atoms with Gasteiger partial charge < -0.3 is 5.32 Å². The van der Waals surface area contributed by atoms with Gasteiger partial charge in [-0.3, -0.25) is 34.2 Å². The standard InChI is InChI=1S/C20H15N5O3/c26-17(12-25-19(27)14-3-1-2-4-15(14)20(25)28)24-11-16-18(23-10-9-22-16)13-5-7-21-8-6-13/h1-10H,11-12H2,(H,24,26). The van der Waals surface area contributed by atoms with Crippen molar-refractivity contribution >= 4 is 17.7 Å². The van der Waals surface area contributed by atoms with E-state index in [-0.39, 0.29) is 13.1 Å². The highest BCUT2D eigenvalue weighted by atomic mass is 16.2. The van der Waals surface area contributed by atoms with Crippen molar-refractivity contribution in [3.8, 4) is 11.3 Å². The fraction of sp³-hybridized carbons (Fsp3) is 0.100.